The third-order valence-electron chi connectivity index (χ3n) is 3.42. The fraction of sp³-hybridized carbons (Fsp3) is 0.500. The van der Waals surface area contributed by atoms with E-state index in [4.69, 9.17) is 5.73 Å². The van der Waals surface area contributed by atoms with Crippen molar-refractivity contribution >= 4 is 23.4 Å². The maximum atomic E-state index is 12.1. The quantitative estimate of drug-likeness (QED) is 0.530. The van der Waals surface area contributed by atoms with Gasteiger partial charge in [0.05, 0.1) is 11.3 Å². The molecule has 0 fully saturated rings. The van der Waals surface area contributed by atoms with Gasteiger partial charge in [0.25, 0.3) is 5.91 Å². The molecular formula is C18H28N4O3. The summed E-state index contributed by atoms with van der Waals surface area (Å²) in [5.74, 6) is -0.530. The second-order valence-corrected chi connectivity index (χ2v) is 6.75. The van der Waals surface area contributed by atoms with E-state index in [0.717, 1.165) is 0 Å². The van der Waals surface area contributed by atoms with Crippen molar-refractivity contribution in [3.05, 3.63) is 29.8 Å². The number of anilines is 1. The van der Waals surface area contributed by atoms with E-state index in [1.54, 1.807) is 24.3 Å². The highest BCUT2D eigenvalue weighted by Gasteiger charge is 2.20. The fourth-order valence-corrected chi connectivity index (χ4v) is 2.00. The number of hydrogen-bond donors (Lipinski definition) is 4. The molecule has 138 valence electrons. The zero-order chi connectivity index (χ0) is 18.9. The maximum absolute atomic E-state index is 12.1. The molecule has 0 aliphatic carbocycles. The van der Waals surface area contributed by atoms with Crippen molar-refractivity contribution in [1.29, 1.82) is 0 Å². The van der Waals surface area contributed by atoms with Crippen molar-refractivity contribution < 1.29 is 14.4 Å². The van der Waals surface area contributed by atoms with Crippen molar-refractivity contribution in [2.75, 3.05) is 25.0 Å². The number of nitrogens with two attached hydrogens (primary N) is 1. The van der Waals surface area contributed by atoms with Crippen LogP contribution >= 0.6 is 0 Å². The molecule has 7 heteroatoms. The van der Waals surface area contributed by atoms with Gasteiger partial charge >= 0.3 is 0 Å². The van der Waals surface area contributed by atoms with E-state index in [9.17, 15) is 14.4 Å². The molecule has 0 spiro atoms. The molecule has 0 heterocycles. The standard InChI is InChI=1S/C18H28N4O3/c1-18(2,3)17(25)21-11-6-9-15(23)22-14-8-5-4-7-13(14)16(24)20-12-10-19/h4-5,7-8H,6,9-12,19H2,1-3H3,(H,20,24)(H,21,25)(H,22,23). The van der Waals surface area contributed by atoms with Crippen molar-refractivity contribution in [3.8, 4) is 0 Å². The van der Waals surface area contributed by atoms with Gasteiger partial charge in [-0.3, -0.25) is 14.4 Å². The largest absolute Gasteiger partial charge is 0.356 e. The Morgan fingerprint density at radius 1 is 1.04 bits per heavy atom. The lowest BCUT2D eigenvalue weighted by atomic mass is 9.96. The summed E-state index contributed by atoms with van der Waals surface area (Å²) in [5, 5.41) is 8.22. The molecule has 0 saturated heterocycles. The molecule has 1 aromatic carbocycles. The molecule has 0 aliphatic rings. The number of nitrogens with one attached hydrogen (secondary N) is 3. The number of hydrogen-bond acceptors (Lipinski definition) is 4. The van der Waals surface area contributed by atoms with Crippen LogP contribution in [0.3, 0.4) is 0 Å². The summed E-state index contributed by atoms with van der Waals surface area (Å²) in [5.41, 5.74) is 5.78. The van der Waals surface area contributed by atoms with Gasteiger partial charge in [-0.25, -0.2) is 0 Å². The lowest BCUT2D eigenvalue weighted by Gasteiger charge is -2.17. The van der Waals surface area contributed by atoms with Crippen molar-refractivity contribution in [3.63, 3.8) is 0 Å². The molecule has 0 saturated carbocycles. The first-order valence-corrected chi connectivity index (χ1v) is 8.41. The van der Waals surface area contributed by atoms with E-state index in [0.29, 0.717) is 37.3 Å². The Morgan fingerprint density at radius 3 is 2.36 bits per heavy atom. The number of para-hydroxylation sites is 1. The zero-order valence-electron chi connectivity index (χ0n) is 15.1. The van der Waals surface area contributed by atoms with Gasteiger partial charge in [-0.1, -0.05) is 32.9 Å². The van der Waals surface area contributed by atoms with Crippen LogP contribution in [0, 0.1) is 5.41 Å². The average molecular weight is 348 g/mol. The van der Waals surface area contributed by atoms with Gasteiger partial charge in [0.1, 0.15) is 0 Å². The molecule has 25 heavy (non-hydrogen) atoms. The van der Waals surface area contributed by atoms with E-state index in [1.165, 1.54) is 0 Å². The van der Waals surface area contributed by atoms with Crippen LogP contribution < -0.4 is 21.7 Å². The number of carbonyl (C=O) groups is 3. The van der Waals surface area contributed by atoms with Crippen molar-refractivity contribution in [2.24, 2.45) is 11.1 Å². The monoisotopic (exact) mass is 348 g/mol. The van der Waals surface area contributed by atoms with Crippen LogP contribution in [-0.2, 0) is 9.59 Å². The molecule has 7 nitrogen and oxygen atoms in total. The third kappa shape index (κ3) is 7.34. The molecule has 1 rings (SSSR count). The number of benzene rings is 1. The minimum atomic E-state index is -0.446. The minimum absolute atomic E-state index is 0.0465. The summed E-state index contributed by atoms with van der Waals surface area (Å²) in [6, 6.07) is 6.80. The first kappa shape index (κ1) is 20.6. The normalized spacial score (nSPS) is 10.9. The summed E-state index contributed by atoms with van der Waals surface area (Å²) in [7, 11) is 0. The predicted octanol–water partition coefficient (Wildman–Crippen LogP) is 1.26. The first-order valence-electron chi connectivity index (χ1n) is 8.41. The van der Waals surface area contributed by atoms with Gasteiger partial charge < -0.3 is 21.7 Å². The zero-order valence-corrected chi connectivity index (χ0v) is 15.1. The first-order chi connectivity index (χ1) is 11.8. The van der Waals surface area contributed by atoms with Crippen LogP contribution in [0.15, 0.2) is 24.3 Å². The van der Waals surface area contributed by atoms with E-state index in [-0.39, 0.29) is 24.1 Å². The highest BCUT2D eigenvalue weighted by molar-refractivity contribution is 6.03. The molecule has 0 aromatic heterocycles. The molecule has 0 radical (unpaired) electrons. The van der Waals surface area contributed by atoms with Crippen LogP contribution in [0.5, 0.6) is 0 Å². The Kier molecular flexibility index (Phi) is 8.07. The van der Waals surface area contributed by atoms with Gasteiger partial charge in [-0.05, 0) is 18.6 Å². The Labute approximate surface area is 148 Å². The van der Waals surface area contributed by atoms with E-state index < -0.39 is 5.41 Å². The second kappa shape index (κ2) is 9.78. The molecule has 0 unspecified atom stereocenters. The van der Waals surface area contributed by atoms with Crippen molar-refractivity contribution in [1.82, 2.24) is 10.6 Å². The predicted molar refractivity (Wildman–Crippen MR) is 98.2 cm³/mol. The number of amides is 3. The second-order valence-electron chi connectivity index (χ2n) is 6.75. The minimum Gasteiger partial charge on any atom is -0.356 e. The van der Waals surface area contributed by atoms with Gasteiger partial charge in [-0.2, -0.15) is 0 Å². The van der Waals surface area contributed by atoms with Crippen LogP contribution in [-0.4, -0.2) is 37.4 Å². The smallest absolute Gasteiger partial charge is 0.253 e. The lowest BCUT2D eigenvalue weighted by molar-refractivity contribution is -0.128. The molecule has 0 aliphatic heterocycles. The molecule has 0 bridgehead atoms. The van der Waals surface area contributed by atoms with Gasteiger partial charge in [0, 0.05) is 31.5 Å². The summed E-state index contributed by atoms with van der Waals surface area (Å²) in [6.07, 6.45) is 0.776. The number of carbonyl (C=O) groups excluding carboxylic acids is 3. The summed E-state index contributed by atoms with van der Waals surface area (Å²) in [6.45, 7) is 6.66. The molecule has 5 N–H and O–H groups in total. The summed E-state index contributed by atoms with van der Waals surface area (Å²) >= 11 is 0. The maximum Gasteiger partial charge on any atom is 0.253 e. The topological polar surface area (TPSA) is 113 Å². The van der Waals surface area contributed by atoms with Gasteiger partial charge in [-0.15, -0.1) is 0 Å². The Bertz CT molecular complexity index is 609. The number of rotatable bonds is 8. The SMILES string of the molecule is CC(C)(C)C(=O)NCCCC(=O)Nc1ccccc1C(=O)NCCN. The highest BCUT2D eigenvalue weighted by Crippen LogP contribution is 2.15. The average Bonchev–Trinajstić information content (AvgIpc) is 2.56. The Morgan fingerprint density at radius 2 is 1.72 bits per heavy atom. The van der Waals surface area contributed by atoms with E-state index in [1.807, 2.05) is 20.8 Å². The molecular weight excluding hydrogens is 320 g/mol. The van der Waals surface area contributed by atoms with Crippen LogP contribution in [0.1, 0.15) is 44.0 Å². The lowest BCUT2D eigenvalue weighted by Crippen LogP contribution is -2.35. The van der Waals surface area contributed by atoms with Crippen LogP contribution in [0.4, 0.5) is 5.69 Å². The van der Waals surface area contributed by atoms with Gasteiger partial charge in [0.2, 0.25) is 11.8 Å². The Hall–Kier alpha value is -2.41. The van der Waals surface area contributed by atoms with E-state index >= 15 is 0 Å². The van der Waals surface area contributed by atoms with Crippen LogP contribution in [0.25, 0.3) is 0 Å². The highest BCUT2D eigenvalue weighted by atomic mass is 16.2. The molecule has 3 amide bonds. The summed E-state index contributed by atoms with van der Waals surface area (Å²) in [4.78, 5) is 35.9. The summed E-state index contributed by atoms with van der Waals surface area (Å²) < 4.78 is 0. The van der Waals surface area contributed by atoms with Gasteiger partial charge in [0.15, 0.2) is 0 Å². The molecule has 1 aromatic rings. The fourth-order valence-electron chi connectivity index (χ4n) is 2.00. The van der Waals surface area contributed by atoms with Crippen molar-refractivity contribution in [2.45, 2.75) is 33.6 Å². The van der Waals surface area contributed by atoms with Crippen LogP contribution in [0.2, 0.25) is 0 Å². The van der Waals surface area contributed by atoms with E-state index in [2.05, 4.69) is 16.0 Å². The molecule has 0 atom stereocenters. The Balaban J connectivity index is 2.50. The third-order valence-corrected chi connectivity index (χ3v) is 3.42.